The Hall–Kier alpha value is -2.09. The lowest BCUT2D eigenvalue weighted by Gasteiger charge is -2.08. The van der Waals surface area contributed by atoms with E-state index in [1.54, 1.807) is 25.3 Å². The van der Waals surface area contributed by atoms with Gasteiger partial charge in [-0.25, -0.2) is 13.1 Å². The molecule has 0 fully saturated rings. The lowest BCUT2D eigenvalue weighted by molar-refractivity contribution is -0.120. The Morgan fingerprint density at radius 3 is 2.50 bits per heavy atom. The summed E-state index contributed by atoms with van der Waals surface area (Å²) in [6.45, 7) is -0.0628. The summed E-state index contributed by atoms with van der Waals surface area (Å²) < 4.78 is 31.4. The van der Waals surface area contributed by atoms with Crippen molar-refractivity contribution in [3.8, 4) is 5.75 Å². The van der Waals surface area contributed by atoms with E-state index in [0.717, 1.165) is 11.3 Å². The number of carbonyl (C=O) groups excluding carboxylic acids is 1. The first-order valence-corrected chi connectivity index (χ1v) is 8.92. The Bertz CT molecular complexity index is 807. The molecular formula is C16H17ClN2O4S. The van der Waals surface area contributed by atoms with E-state index in [1.807, 2.05) is 12.1 Å². The van der Waals surface area contributed by atoms with Gasteiger partial charge in [-0.05, 0) is 35.9 Å². The van der Waals surface area contributed by atoms with Gasteiger partial charge in [0.15, 0.2) is 0 Å². The molecule has 2 aromatic carbocycles. The highest BCUT2D eigenvalue weighted by atomic mass is 35.5. The lowest BCUT2D eigenvalue weighted by Crippen LogP contribution is -2.36. The van der Waals surface area contributed by atoms with Crippen molar-refractivity contribution in [1.29, 1.82) is 0 Å². The standard InChI is InChI=1S/C16H17ClN2O4S/c1-23-14-7-5-12(6-8-14)10-18-16(20)11-19-24(21,22)15-4-2-3-13(17)9-15/h2-9,19H,10-11H2,1H3,(H,18,20). The van der Waals surface area contributed by atoms with Crippen LogP contribution in [0.2, 0.25) is 5.02 Å². The maximum absolute atomic E-state index is 12.1. The number of sulfonamides is 1. The maximum atomic E-state index is 12.1. The SMILES string of the molecule is COc1ccc(CNC(=O)CNS(=O)(=O)c2cccc(Cl)c2)cc1. The molecule has 0 unspecified atom stereocenters. The molecule has 0 atom stereocenters. The van der Waals surface area contributed by atoms with Crippen LogP contribution in [0.1, 0.15) is 5.56 Å². The van der Waals surface area contributed by atoms with Crippen molar-refractivity contribution in [3.05, 3.63) is 59.1 Å². The predicted octanol–water partition coefficient (Wildman–Crippen LogP) is 1.94. The highest BCUT2D eigenvalue weighted by Crippen LogP contribution is 2.15. The van der Waals surface area contributed by atoms with E-state index in [1.165, 1.54) is 18.2 Å². The Balaban J connectivity index is 1.86. The van der Waals surface area contributed by atoms with E-state index in [4.69, 9.17) is 16.3 Å². The number of nitrogens with one attached hydrogen (secondary N) is 2. The zero-order chi connectivity index (χ0) is 17.6. The number of hydrogen-bond acceptors (Lipinski definition) is 4. The molecule has 8 heteroatoms. The summed E-state index contributed by atoms with van der Waals surface area (Å²) >= 11 is 5.77. The van der Waals surface area contributed by atoms with E-state index in [0.29, 0.717) is 11.6 Å². The first kappa shape index (κ1) is 18.3. The van der Waals surface area contributed by atoms with Gasteiger partial charge in [0, 0.05) is 11.6 Å². The van der Waals surface area contributed by atoms with Gasteiger partial charge in [0.25, 0.3) is 0 Å². The van der Waals surface area contributed by atoms with Crippen LogP contribution < -0.4 is 14.8 Å². The minimum absolute atomic E-state index is 0.0120. The van der Waals surface area contributed by atoms with Crippen molar-refractivity contribution in [2.45, 2.75) is 11.4 Å². The third-order valence-electron chi connectivity index (χ3n) is 3.18. The third-order valence-corrected chi connectivity index (χ3v) is 4.81. The second kappa shape index (κ2) is 8.14. The summed E-state index contributed by atoms with van der Waals surface area (Å²) in [4.78, 5) is 11.8. The van der Waals surface area contributed by atoms with Crippen molar-refractivity contribution in [2.24, 2.45) is 0 Å². The molecule has 0 aliphatic rings. The first-order valence-electron chi connectivity index (χ1n) is 7.05. The zero-order valence-electron chi connectivity index (χ0n) is 13.0. The highest BCUT2D eigenvalue weighted by molar-refractivity contribution is 7.89. The van der Waals surface area contributed by atoms with Crippen molar-refractivity contribution < 1.29 is 17.9 Å². The second-order valence-electron chi connectivity index (χ2n) is 4.91. The van der Waals surface area contributed by atoms with E-state index in [-0.39, 0.29) is 11.4 Å². The molecule has 1 amide bonds. The van der Waals surface area contributed by atoms with E-state index in [9.17, 15) is 13.2 Å². The molecule has 0 bridgehead atoms. The van der Waals surface area contributed by atoms with Gasteiger partial charge >= 0.3 is 0 Å². The number of halogens is 1. The summed E-state index contributed by atoms with van der Waals surface area (Å²) in [5.41, 5.74) is 0.877. The Morgan fingerprint density at radius 2 is 1.88 bits per heavy atom. The van der Waals surface area contributed by atoms with Gasteiger partial charge in [0.05, 0.1) is 18.6 Å². The molecule has 128 valence electrons. The van der Waals surface area contributed by atoms with Gasteiger partial charge < -0.3 is 10.1 Å². The van der Waals surface area contributed by atoms with Crippen LogP contribution >= 0.6 is 11.6 Å². The molecule has 6 nitrogen and oxygen atoms in total. The quantitative estimate of drug-likeness (QED) is 0.782. The largest absolute Gasteiger partial charge is 0.497 e. The van der Waals surface area contributed by atoms with Gasteiger partial charge in [0.1, 0.15) is 5.75 Å². The fourth-order valence-corrected chi connectivity index (χ4v) is 3.17. The van der Waals surface area contributed by atoms with Crippen LogP contribution in [0.3, 0.4) is 0 Å². The van der Waals surface area contributed by atoms with Crippen molar-refractivity contribution >= 4 is 27.5 Å². The topological polar surface area (TPSA) is 84.5 Å². The van der Waals surface area contributed by atoms with Crippen LogP contribution in [0, 0.1) is 0 Å². The molecule has 0 aliphatic carbocycles. The molecule has 0 aliphatic heterocycles. The number of amides is 1. The van der Waals surface area contributed by atoms with Crippen molar-refractivity contribution in [1.82, 2.24) is 10.0 Å². The van der Waals surface area contributed by atoms with Crippen LogP contribution in [-0.4, -0.2) is 28.0 Å². The molecule has 24 heavy (non-hydrogen) atoms. The predicted molar refractivity (Wildman–Crippen MR) is 91.5 cm³/mol. The minimum atomic E-state index is -3.78. The van der Waals surface area contributed by atoms with Gasteiger partial charge in [-0.15, -0.1) is 0 Å². The van der Waals surface area contributed by atoms with Gasteiger partial charge in [-0.2, -0.15) is 0 Å². The van der Waals surface area contributed by atoms with Crippen molar-refractivity contribution in [3.63, 3.8) is 0 Å². The van der Waals surface area contributed by atoms with E-state index >= 15 is 0 Å². The van der Waals surface area contributed by atoms with E-state index in [2.05, 4.69) is 10.0 Å². The molecule has 0 spiro atoms. The smallest absolute Gasteiger partial charge is 0.241 e. The fraction of sp³-hybridized carbons (Fsp3) is 0.188. The Kier molecular flexibility index (Phi) is 6.19. The number of benzene rings is 2. The van der Waals surface area contributed by atoms with Gasteiger partial charge in [-0.1, -0.05) is 29.8 Å². The number of rotatable bonds is 7. The molecule has 0 heterocycles. The number of hydrogen-bond donors (Lipinski definition) is 2. The molecule has 0 aromatic heterocycles. The third kappa shape index (κ3) is 5.23. The van der Waals surface area contributed by atoms with Crippen molar-refractivity contribution in [2.75, 3.05) is 13.7 Å². The van der Waals surface area contributed by atoms with Crippen LogP contribution in [0.4, 0.5) is 0 Å². The maximum Gasteiger partial charge on any atom is 0.241 e. The molecule has 0 saturated carbocycles. The molecule has 0 saturated heterocycles. The molecule has 2 aromatic rings. The zero-order valence-corrected chi connectivity index (χ0v) is 14.5. The normalized spacial score (nSPS) is 11.1. The van der Waals surface area contributed by atoms with Crippen LogP contribution in [0.15, 0.2) is 53.4 Å². The molecule has 2 rings (SSSR count). The summed E-state index contributed by atoms with van der Waals surface area (Å²) in [5.74, 6) is 0.288. The van der Waals surface area contributed by atoms with Gasteiger partial charge in [-0.3, -0.25) is 4.79 Å². The van der Waals surface area contributed by atoms with Crippen LogP contribution in [0.5, 0.6) is 5.75 Å². The first-order chi connectivity index (χ1) is 11.4. The van der Waals surface area contributed by atoms with Gasteiger partial charge in [0.2, 0.25) is 15.9 Å². The fourth-order valence-electron chi connectivity index (χ4n) is 1.88. The second-order valence-corrected chi connectivity index (χ2v) is 7.11. The summed E-state index contributed by atoms with van der Waals surface area (Å²) in [6, 6.07) is 13.0. The van der Waals surface area contributed by atoms with E-state index < -0.39 is 15.9 Å². The Labute approximate surface area is 145 Å². The average Bonchev–Trinajstić information content (AvgIpc) is 2.58. The highest BCUT2D eigenvalue weighted by Gasteiger charge is 2.15. The van der Waals surface area contributed by atoms with Crippen LogP contribution in [-0.2, 0) is 21.4 Å². The molecule has 2 N–H and O–H groups in total. The minimum Gasteiger partial charge on any atom is -0.497 e. The number of carbonyl (C=O) groups is 1. The lowest BCUT2D eigenvalue weighted by atomic mass is 10.2. The monoisotopic (exact) mass is 368 g/mol. The summed E-state index contributed by atoms with van der Waals surface area (Å²) in [6.07, 6.45) is 0. The summed E-state index contributed by atoms with van der Waals surface area (Å²) in [7, 11) is -2.21. The average molecular weight is 369 g/mol. The number of ether oxygens (including phenoxy) is 1. The molecule has 0 radical (unpaired) electrons. The number of methoxy groups -OCH3 is 1. The Morgan fingerprint density at radius 1 is 1.17 bits per heavy atom. The summed E-state index contributed by atoms with van der Waals surface area (Å²) in [5, 5.41) is 2.95. The molecular weight excluding hydrogens is 352 g/mol. The van der Waals surface area contributed by atoms with Crippen LogP contribution in [0.25, 0.3) is 0 Å².